The maximum Gasteiger partial charge on any atom is 0.235 e. The second-order valence-corrected chi connectivity index (χ2v) is 12.1. The average molecular weight is 586 g/mol. The number of para-hydroxylation sites is 3. The molecule has 0 aliphatic rings. The van der Waals surface area contributed by atoms with Gasteiger partial charge in [0.15, 0.2) is 0 Å². The van der Waals surface area contributed by atoms with Gasteiger partial charge in [0, 0.05) is 55.7 Å². The molecule has 5 heterocycles. The summed E-state index contributed by atoms with van der Waals surface area (Å²) in [5.74, 6) is 0.648. The first-order valence-electron chi connectivity index (χ1n) is 15.5. The van der Waals surface area contributed by atoms with Gasteiger partial charge >= 0.3 is 0 Å². The lowest BCUT2D eigenvalue weighted by Crippen LogP contribution is -2.03. The van der Waals surface area contributed by atoms with E-state index >= 15 is 0 Å². The fourth-order valence-corrected chi connectivity index (χ4v) is 7.80. The molecule has 0 spiro atoms. The van der Waals surface area contributed by atoms with Crippen molar-refractivity contribution in [3.8, 4) is 17.2 Å². The van der Waals surface area contributed by atoms with Crippen LogP contribution >= 0.6 is 0 Å². The van der Waals surface area contributed by atoms with Crippen LogP contribution < -0.4 is 0 Å². The van der Waals surface area contributed by atoms with Crippen molar-refractivity contribution >= 4 is 81.6 Å². The Kier molecular flexibility index (Phi) is 4.52. The van der Waals surface area contributed by atoms with E-state index < -0.39 is 0 Å². The van der Waals surface area contributed by atoms with Crippen LogP contribution in [0.1, 0.15) is 0 Å². The topological polar surface area (TPSA) is 48.0 Å². The predicted molar refractivity (Wildman–Crippen MR) is 189 cm³/mol. The van der Waals surface area contributed by atoms with Gasteiger partial charge in [-0.1, -0.05) is 78.9 Å². The number of hydrogen-bond donors (Lipinski definition) is 0. The Morgan fingerprint density at radius 1 is 0.478 bits per heavy atom. The summed E-state index contributed by atoms with van der Waals surface area (Å²) >= 11 is 0. The molecule has 11 aromatic rings. The van der Waals surface area contributed by atoms with Crippen molar-refractivity contribution in [1.29, 1.82) is 0 Å². The van der Waals surface area contributed by atoms with Gasteiger partial charge in [-0.25, -0.2) is 9.97 Å². The summed E-state index contributed by atoms with van der Waals surface area (Å²) in [6, 6.07) is 45.5. The standard InChI is InChI=1S/C41H23N5/c1-2-11-25-21-35-31(20-24(25)10-1)37-36(46(35)41-43-32-16-6-3-14-28(32)39(44-41)26-12-9-19-42-23-26)22-30-27-13-4-7-17-33(27)45-34-18-8-5-15-29(34)38(37)40(30)45/h1-23H. The Labute approximate surface area is 261 Å². The molecular formula is C41H23N5. The molecule has 6 aromatic carbocycles. The summed E-state index contributed by atoms with van der Waals surface area (Å²) in [5.41, 5.74) is 8.62. The Hall–Kier alpha value is -6.33. The molecule has 0 amide bonds. The maximum atomic E-state index is 5.34. The number of fused-ring (bicyclic) bond motifs is 12. The lowest BCUT2D eigenvalue weighted by atomic mass is 10.0. The van der Waals surface area contributed by atoms with E-state index in [1.165, 1.54) is 59.6 Å². The van der Waals surface area contributed by atoms with Gasteiger partial charge in [-0.15, -0.1) is 0 Å². The molecular weight excluding hydrogens is 562 g/mol. The summed E-state index contributed by atoms with van der Waals surface area (Å²) < 4.78 is 4.73. The van der Waals surface area contributed by atoms with Crippen molar-refractivity contribution < 1.29 is 0 Å². The van der Waals surface area contributed by atoms with Crippen molar-refractivity contribution in [2.24, 2.45) is 0 Å². The van der Waals surface area contributed by atoms with Gasteiger partial charge in [-0.3, -0.25) is 9.55 Å². The lowest BCUT2D eigenvalue weighted by Gasteiger charge is -2.12. The molecule has 5 nitrogen and oxygen atoms in total. The minimum atomic E-state index is 0.648. The monoisotopic (exact) mass is 585 g/mol. The molecule has 0 unspecified atom stereocenters. The molecule has 0 aliphatic heterocycles. The van der Waals surface area contributed by atoms with Crippen molar-refractivity contribution in [2.45, 2.75) is 0 Å². The summed E-state index contributed by atoms with van der Waals surface area (Å²) in [5, 5.41) is 10.8. The largest absolute Gasteiger partial charge is 0.308 e. The highest BCUT2D eigenvalue weighted by atomic mass is 15.2. The zero-order valence-corrected chi connectivity index (χ0v) is 24.5. The van der Waals surface area contributed by atoms with Gasteiger partial charge in [-0.05, 0) is 59.3 Å². The Bertz CT molecular complexity index is 3020. The Morgan fingerprint density at radius 2 is 1.20 bits per heavy atom. The molecule has 0 saturated heterocycles. The summed E-state index contributed by atoms with van der Waals surface area (Å²) in [4.78, 5) is 15.0. The number of nitrogens with zero attached hydrogens (tertiary/aromatic N) is 5. The normalized spacial score (nSPS) is 12.3. The van der Waals surface area contributed by atoms with E-state index in [-0.39, 0.29) is 0 Å². The Balaban J connectivity index is 1.41. The first kappa shape index (κ1) is 24.0. The van der Waals surface area contributed by atoms with Crippen LogP contribution in [0.3, 0.4) is 0 Å². The van der Waals surface area contributed by atoms with Crippen molar-refractivity contribution in [2.75, 3.05) is 0 Å². The fourth-order valence-electron chi connectivity index (χ4n) is 7.80. The average Bonchev–Trinajstić information content (AvgIpc) is 3.74. The Morgan fingerprint density at radius 3 is 2.02 bits per heavy atom. The van der Waals surface area contributed by atoms with Crippen LogP contribution in [0.2, 0.25) is 0 Å². The smallest absolute Gasteiger partial charge is 0.235 e. The second kappa shape index (κ2) is 8.65. The third-order valence-corrected chi connectivity index (χ3v) is 9.69. The van der Waals surface area contributed by atoms with Crippen LogP contribution in [0.5, 0.6) is 0 Å². The molecule has 0 radical (unpaired) electrons. The van der Waals surface area contributed by atoms with E-state index in [0.29, 0.717) is 5.95 Å². The van der Waals surface area contributed by atoms with Crippen LogP contribution in [0.25, 0.3) is 98.8 Å². The summed E-state index contributed by atoms with van der Waals surface area (Å²) in [6.45, 7) is 0. The van der Waals surface area contributed by atoms with Crippen LogP contribution in [0, 0.1) is 0 Å². The third kappa shape index (κ3) is 3.01. The van der Waals surface area contributed by atoms with E-state index in [1.807, 2.05) is 24.4 Å². The molecule has 212 valence electrons. The second-order valence-electron chi connectivity index (χ2n) is 12.1. The number of aromatic nitrogens is 5. The summed E-state index contributed by atoms with van der Waals surface area (Å²) in [6.07, 6.45) is 3.68. The van der Waals surface area contributed by atoms with Gasteiger partial charge in [-0.2, -0.15) is 0 Å². The molecule has 11 rings (SSSR count). The van der Waals surface area contributed by atoms with Gasteiger partial charge in [0.25, 0.3) is 0 Å². The van der Waals surface area contributed by atoms with Crippen LogP contribution in [0.15, 0.2) is 140 Å². The van der Waals surface area contributed by atoms with Crippen LogP contribution in [-0.2, 0) is 0 Å². The van der Waals surface area contributed by atoms with E-state index in [4.69, 9.17) is 9.97 Å². The molecule has 0 fully saturated rings. The SMILES string of the molecule is c1cncc(-c2nc(-n3c4cc5ccccc5cc4c4c5c6ccccc6n6c7ccccc7c(cc43)c56)nc3ccccc23)c1. The minimum Gasteiger partial charge on any atom is -0.308 e. The van der Waals surface area contributed by atoms with Crippen LogP contribution in [0.4, 0.5) is 0 Å². The number of benzene rings is 6. The molecule has 0 bridgehead atoms. The lowest BCUT2D eigenvalue weighted by molar-refractivity contribution is 1.01. The number of pyridine rings is 1. The quantitative estimate of drug-likeness (QED) is 0.203. The summed E-state index contributed by atoms with van der Waals surface area (Å²) in [7, 11) is 0. The number of rotatable bonds is 2. The molecule has 0 saturated carbocycles. The predicted octanol–water partition coefficient (Wildman–Crippen LogP) is 10.1. The van der Waals surface area contributed by atoms with Gasteiger partial charge < -0.3 is 4.40 Å². The minimum absolute atomic E-state index is 0.648. The molecule has 46 heavy (non-hydrogen) atoms. The van der Waals surface area contributed by atoms with Gasteiger partial charge in [0.1, 0.15) is 0 Å². The van der Waals surface area contributed by atoms with Crippen molar-refractivity contribution in [3.05, 3.63) is 140 Å². The highest BCUT2D eigenvalue weighted by Crippen LogP contribution is 2.47. The van der Waals surface area contributed by atoms with E-state index in [9.17, 15) is 0 Å². The first-order valence-corrected chi connectivity index (χ1v) is 15.5. The molecule has 5 heteroatoms. The van der Waals surface area contributed by atoms with Crippen LogP contribution in [-0.4, -0.2) is 23.9 Å². The molecule has 0 atom stereocenters. The van der Waals surface area contributed by atoms with E-state index in [1.54, 1.807) is 6.20 Å². The van der Waals surface area contributed by atoms with E-state index in [0.717, 1.165) is 33.2 Å². The zero-order chi connectivity index (χ0) is 29.9. The van der Waals surface area contributed by atoms with Crippen molar-refractivity contribution in [3.63, 3.8) is 0 Å². The van der Waals surface area contributed by atoms with Gasteiger partial charge in [0.05, 0.1) is 38.8 Å². The molecule has 0 N–H and O–H groups in total. The highest BCUT2D eigenvalue weighted by Gasteiger charge is 2.25. The van der Waals surface area contributed by atoms with E-state index in [2.05, 4.69) is 123 Å². The fraction of sp³-hybridized carbons (Fsp3) is 0. The highest BCUT2D eigenvalue weighted by molar-refractivity contribution is 6.36. The molecule has 0 aliphatic carbocycles. The zero-order valence-electron chi connectivity index (χ0n) is 24.5. The first-order chi connectivity index (χ1) is 22.8. The third-order valence-electron chi connectivity index (χ3n) is 9.69. The maximum absolute atomic E-state index is 5.34. The number of hydrogen-bond acceptors (Lipinski definition) is 3. The van der Waals surface area contributed by atoms with Gasteiger partial charge in [0.2, 0.25) is 5.95 Å². The van der Waals surface area contributed by atoms with Crippen molar-refractivity contribution in [1.82, 2.24) is 23.9 Å². The molecule has 5 aromatic heterocycles.